The van der Waals surface area contributed by atoms with E-state index in [1.165, 1.54) is 10.4 Å². The van der Waals surface area contributed by atoms with Gasteiger partial charge in [0.1, 0.15) is 5.41 Å². The van der Waals surface area contributed by atoms with Crippen molar-refractivity contribution in [2.45, 2.75) is 26.3 Å². The Morgan fingerprint density at radius 2 is 2.26 bits per heavy atom. The molecular formula is C13H18N2O2S2. The normalized spacial score (nSPS) is 17.9. The number of carbonyl (C=O) groups is 1. The molecule has 0 radical (unpaired) electrons. The van der Waals surface area contributed by atoms with E-state index in [0.717, 1.165) is 0 Å². The molecule has 1 aliphatic heterocycles. The van der Waals surface area contributed by atoms with E-state index in [4.69, 9.17) is 22.7 Å². The van der Waals surface area contributed by atoms with Crippen LogP contribution in [0.3, 0.4) is 0 Å². The Morgan fingerprint density at radius 1 is 1.58 bits per heavy atom. The first-order valence-corrected chi connectivity index (χ1v) is 7.54. The first kappa shape index (κ1) is 14.4. The van der Waals surface area contributed by atoms with Gasteiger partial charge in [0.05, 0.1) is 11.5 Å². The number of thiophene rings is 1. The lowest BCUT2D eigenvalue weighted by molar-refractivity contribution is -0.131. The second-order valence-electron chi connectivity index (χ2n) is 4.77. The first-order chi connectivity index (χ1) is 9.06. The highest BCUT2D eigenvalue weighted by Crippen LogP contribution is 2.31. The Hall–Kier alpha value is -0.980. The van der Waals surface area contributed by atoms with E-state index in [1.54, 1.807) is 11.3 Å². The van der Waals surface area contributed by atoms with Gasteiger partial charge >= 0.3 is 0 Å². The van der Waals surface area contributed by atoms with Crippen LogP contribution in [0, 0.1) is 12.3 Å². The van der Waals surface area contributed by atoms with Gasteiger partial charge in [-0.2, -0.15) is 0 Å². The van der Waals surface area contributed by atoms with E-state index in [2.05, 4.69) is 5.32 Å². The van der Waals surface area contributed by atoms with Crippen LogP contribution in [-0.4, -0.2) is 24.1 Å². The quantitative estimate of drug-likeness (QED) is 0.831. The lowest BCUT2D eigenvalue weighted by Crippen LogP contribution is -2.51. The maximum Gasteiger partial charge on any atom is 0.233 e. The van der Waals surface area contributed by atoms with E-state index in [-0.39, 0.29) is 10.9 Å². The summed E-state index contributed by atoms with van der Waals surface area (Å²) >= 11 is 6.75. The van der Waals surface area contributed by atoms with Crippen LogP contribution in [0.4, 0.5) is 0 Å². The Bertz CT molecular complexity index is 479. The minimum absolute atomic E-state index is 0.0731. The van der Waals surface area contributed by atoms with Crippen LogP contribution in [-0.2, 0) is 16.1 Å². The molecule has 1 amide bonds. The molecule has 0 aromatic carbocycles. The zero-order valence-corrected chi connectivity index (χ0v) is 12.5. The second-order valence-corrected chi connectivity index (χ2v) is 6.21. The van der Waals surface area contributed by atoms with Gasteiger partial charge < -0.3 is 15.8 Å². The molecule has 4 nitrogen and oxygen atoms in total. The van der Waals surface area contributed by atoms with Gasteiger partial charge in [0.2, 0.25) is 5.91 Å². The van der Waals surface area contributed by atoms with E-state index < -0.39 is 5.41 Å². The van der Waals surface area contributed by atoms with Crippen LogP contribution in [0.25, 0.3) is 0 Å². The minimum Gasteiger partial charge on any atom is -0.392 e. The fourth-order valence-corrected chi connectivity index (χ4v) is 3.36. The van der Waals surface area contributed by atoms with Crippen molar-refractivity contribution in [3.05, 3.63) is 21.9 Å². The summed E-state index contributed by atoms with van der Waals surface area (Å²) in [6.07, 6.45) is 1.13. The van der Waals surface area contributed by atoms with Crippen molar-refractivity contribution < 1.29 is 9.53 Å². The molecule has 0 saturated carbocycles. The molecule has 3 N–H and O–H groups in total. The predicted octanol–water partition coefficient (Wildman–Crippen LogP) is 1.76. The molecular weight excluding hydrogens is 280 g/mol. The Kier molecular flexibility index (Phi) is 4.54. The summed E-state index contributed by atoms with van der Waals surface area (Å²) in [5.74, 6) is -0.0731. The molecule has 104 valence electrons. The molecule has 0 bridgehead atoms. The highest BCUT2D eigenvalue weighted by molar-refractivity contribution is 7.80. The smallest absolute Gasteiger partial charge is 0.233 e. The number of amides is 1. The van der Waals surface area contributed by atoms with Gasteiger partial charge in [0.25, 0.3) is 0 Å². The average molecular weight is 298 g/mol. The SMILES string of the molecule is Cc1ccsc1CNC(=O)C1(C(N)=S)CCOCC1. The van der Waals surface area contributed by atoms with Gasteiger partial charge in [-0.1, -0.05) is 12.2 Å². The van der Waals surface area contributed by atoms with Gasteiger partial charge in [-0.3, -0.25) is 4.79 Å². The molecule has 0 spiro atoms. The lowest BCUT2D eigenvalue weighted by Gasteiger charge is -2.34. The minimum atomic E-state index is -0.737. The topological polar surface area (TPSA) is 64.4 Å². The third-order valence-corrected chi connectivity index (χ3v) is 5.04. The van der Waals surface area contributed by atoms with E-state index >= 15 is 0 Å². The molecule has 2 heterocycles. The summed E-state index contributed by atoms with van der Waals surface area (Å²) in [6.45, 7) is 3.63. The number of nitrogens with one attached hydrogen (secondary N) is 1. The van der Waals surface area contributed by atoms with Gasteiger partial charge in [-0.15, -0.1) is 11.3 Å². The molecule has 2 rings (SSSR count). The molecule has 1 aromatic heterocycles. The molecule has 0 aliphatic carbocycles. The van der Waals surface area contributed by atoms with Gasteiger partial charge in [-0.25, -0.2) is 0 Å². The highest BCUT2D eigenvalue weighted by Gasteiger charge is 2.42. The van der Waals surface area contributed by atoms with Gasteiger partial charge in [-0.05, 0) is 36.8 Å². The van der Waals surface area contributed by atoms with Crippen LogP contribution in [0.2, 0.25) is 0 Å². The van der Waals surface area contributed by atoms with Crippen LogP contribution in [0.1, 0.15) is 23.3 Å². The van der Waals surface area contributed by atoms with Crippen LogP contribution in [0.5, 0.6) is 0 Å². The first-order valence-electron chi connectivity index (χ1n) is 6.25. The number of thiocarbonyl (C=S) groups is 1. The predicted molar refractivity (Wildman–Crippen MR) is 80.2 cm³/mol. The van der Waals surface area contributed by atoms with Crippen molar-refractivity contribution >= 4 is 34.5 Å². The molecule has 1 aromatic rings. The van der Waals surface area contributed by atoms with Crippen molar-refractivity contribution in [1.82, 2.24) is 5.32 Å². The molecule has 0 unspecified atom stereocenters. The fraction of sp³-hybridized carbons (Fsp3) is 0.538. The maximum absolute atomic E-state index is 12.4. The lowest BCUT2D eigenvalue weighted by atomic mass is 9.79. The molecule has 0 atom stereocenters. The average Bonchev–Trinajstić information content (AvgIpc) is 2.82. The largest absolute Gasteiger partial charge is 0.392 e. The van der Waals surface area contributed by atoms with Crippen molar-refractivity contribution in [1.29, 1.82) is 0 Å². The Morgan fingerprint density at radius 3 is 2.79 bits per heavy atom. The highest BCUT2D eigenvalue weighted by atomic mass is 32.1. The van der Waals surface area contributed by atoms with Crippen molar-refractivity contribution in [3.63, 3.8) is 0 Å². The number of hydrogen-bond acceptors (Lipinski definition) is 4. The van der Waals surface area contributed by atoms with Crippen LogP contribution in [0.15, 0.2) is 11.4 Å². The number of nitrogens with two attached hydrogens (primary N) is 1. The molecule has 1 aliphatic rings. The summed E-state index contributed by atoms with van der Waals surface area (Å²) in [4.78, 5) is 13.9. The van der Waals surface area contributed by atoms with Gasteiger partial charge in [0.15, 0.2) is 0 Å². The third-order valence-electron chi connectivity index (χ3n) is 3.63. The number of aryl methyl sites for hydroxylation is 1. The zero-order chi connectivity index (χ0) is 13.9. The van der Waals surface area contributed by atoms with Gasteiger partial charge in [0, 0.05) is 18.1 Å². The summed E-state index contributed by atoms with van der Waals surface area (Å²) < 4.78 is 5.30. The molecule has 6 heteroatoms. The van der Waals surface area contributed by atoms with Crippen molar-refractivity contribution in [2.24, 2.45) is 11.1 Å². The summed E-state index contributed by atoms with van der Waals surface area (Å²) in [5, 5.41) is 4.99. The summed E-state index contributed by atoms with van der Waals surface area (Å²) in [7, 11) is 0. The van der Waals surface area contributed by atoms with E-state index in [0.29, 0.717) is 32.6 Å². The Labute approximate surface area is 122 Å². The molecule has 19 heavy (non-hydrogen) atoms. The van der Waals surface area contributed by atoms with Crippen LogP contribution >= 0.6 is 23.6 Å². The van der Waals surface area contributed by atoms with E-state index in [9.17, 15) is 4.79 Å². The second kappa shape index (κ2) is 5.98. The van der Waals surface area contributed by atoms with E-state index in [1.807, 2.05) is 18.4 Å². The monoisotopic (exact) mass is 298 g/mol. The number of hydrogen-bond donors (Lipinski definition) is 2. The number of ether oxygens (including phenoxy) is 1. The van der Waals surface area contributed by atoms with Crippen molar-refractivity contribution in [2.75, 3.05) is 13.2 Å². The summed E-state index contributed by atoms with van der Waals surface area (Å²) in [6, 6.07) is 2.05. The number of rotatable bonds is 4. The number of carbonyl (C=O) groups excluding carboxylic acids is 1. The Balaban J connectivity index is 2.04. The third kappa shape index (κ3) is 2.96. The van der Waals surface area contributed by atoms with Crippen molar-refractivity contribution in [3.8, 4) is 0 Å². The standard InChI is InChI=1S/C13H18N2O2S2/c1-9-2-7-19-10(9)8-15-12(16)13(11(14)18)3-5-17-6-4-13/h2,7H,3-6,8H2,1H3,(H2,14,18)(H,15,16). The maximum atomic E-state index is 12.4. The summed E-state index contributed by atoms with van der Waals surface area (Å²) in [5.41, 5.74) is 6.26. The molecule has 1 fully saturated rings. The fourth-order valence-electron chi connectivity index (χ4n) is 2.22. The molecule has 1 saturated heterocycles. The zero-order valence-electron chi connectivity index (χ0n) is 10.9. The van der Waals surface area contributed by atoms with Crippen LogP contribution < -0.4 is 11.1 Å².